The number of rotatable bonds is 5. The molecule has 0 amide bonds. The summed E-state index contributed by atoms with van der Waals surface area (Å²) >= 11 is 0. The zero-order valence-corrected chi connectivity index (χ0v) is 8.43. The fourth-order valence-electron chi connectivity index (χ4n) is 1.17. The van der Waals surface area contributed by atoms with Gasteiger partial charge in [0.15, 0.2) is 0 Å². The zero-order chi connectivity index (χ0) is 9.40. The number of allylic oxidation sites excluding steroid dienone is 3. The fraction of sp³-hybridized carbons (Fsp3) is 0.636. The van der Waals surface area contributed by atoms with E-state index in [1.54, 1.807) is 6.08 Å². The van der Waals surface area contributed by atoms with Crippen LogP contribution in [0, 0.1) is 0 Å². The van der Waals surface area contributed by atoms with Crippen LogP contribution in [0.25, 0.3) is 0 Å². The van der Waals surface area contributed by atoms with E-state index in [9.17, 15) is 0 Å². The highest BCUT2D eigenvalue weighted by atomic mass is 16.2. The van der Waals surface area contributed by atoms with Crippen LogP contribution in [0.15, 0.2) is 23.3 Å². The molecule has 0 spiro atoms. The Bertz CT molecular complexity index is 166. The fourth-order valence-corrected chi connectivity index (χ4v) is 1.17. The van der Waals surface area contributed by atoms with Gasteiger partial charge in [0.1, 0.15) is 0 Å². The Balaban J connectivity index is 4.08. The SMILES string of the molecule is CC/C(C)=C(\CC)C/C=C/CO. The molecule has 0 saturated heterocycles. The molecule has 0 aromatic rings. The van der Waals surface area contributed by atoms with Crippen LogP contribution >= 0.6 is 0 Å². The lowest BCUT2D eigenvalue weighted by molar-refractivity contribution is 0.342. The molecule has 0 radical (unpaired) electrons. The smallest absolute Gasteiger partial charge is 0.0612 e. The van der Waals surface area contributed by atoms with E-state index in [-0.39, 0.29) is 6.61 Å². The van der Waals surface area contributed by atoms with Gasteiger partial charge in [-0.2, -0.15) is 0 Å². The van der Waals surface area contributed by atoms with E-state index in [0.29, 0.717) is 0 Å². The van der Waals surface area contributed by atoms with Crippen molar-refractivity contribution in [3.05, 3.63) is 23.3 Å². The van der Waals surface area contributed by atoms with Gasteiger partial charge in [-0.3, -0.25) is 0 Å². The first-order valence-electron chi connectivity index (χ1n) is 4.69. The van der Waals surface area contributed by atoms with Gasteiger partial charge in [-0.25, -0.2) is 0 Å². The highest BCUT2D eigenvalue weighted by molar-refractivity contribution is 5.14. The molecule has 0 aromatic heterocycles. The third-order valence-electron chi connectivity index (χ3n) is 2.20. The van der Waals surface area contributed by atoms with E-state index in [1.807, 2.05) is 6.08 Å². The number of hydrogen-bond donors (Lipinski definition) is 1. The molecular formula is C11H20O. The molecule has 0 fully saturated rings. The number of aliphatic hydroxyl groups is 1. The average Bonchev–Trinajstić information content (AvgIpc) is 2.11. The van der Waals surface area contributed by atoms with Crippen molar-refractivity contribution in [2.45, 2.75) is 40.0 Å². The Morgan fingerprint density at radius 1 is 1.17 bits per heavy atom. The van der Waals surface area contributed by atoms with E-state index in [0.717, 1.165) is 19.3 Å². The van der Waals surface area contributed by atoms with Crippen molar-refractivity contribution in [3.63, 3.8) is 0 Å². The molecule has 0 bridgehead atoms. The normalized spacial score (nSPS) is 13.7. The van der Waals surface area contributed by atoms with E-state index in [4.69, 9.17) is 5.11 Å². The molecule has 0 heterocycles. The van der Waals surface area contributed by atoms with E-state index < -0.39 is 0 Å². The molecule has 1 N–H and O–H groups in total. The predicted octanol–water partition coefficient (Wildman–Crippen LogP) is 3.06. The zero-order valence-electron chi connectivity index (χ0n) is 8.43. The minimum Gasteiger partial charge on any atom is -0.392 e. The van der Waals surface area contributed by atoms with Crippen molar-refractivity contribution in [3.8, 4) is 0 Å². The third kappa shape index (κ3) is 4.35. The molecule has 70 valence electrons. The molecule has 1 nitrogen and oxygen atoms in total. The standard InChI is InChI=1S/C11H20O/c1-4-10(3)11(5-2)8-6-7-9-12/h6-7,12H,4-5,8-9H2,1-3H3/b7-6+,11-10+. The molecule has 0 atom stereocenters. The van der Waals surface area contributed by atoms with Crippen molar-refractivity contribution in [1.29, 1.82) is 0 Å². The number of aliphatic hydroxyl groups excluding tert-OH is 1. The summed E-state index contributed by atoms with van der Waals surface area (Å²) in [5, 5.41) is 8.54. The van der Waals surface area contributed by atoms with Crippen molar-refractivity contribution in [1.82, 2.24) is 0 Å². The van der Waals surface area contributed by atoms with Crippen molar-refractivity contribution in [2.24, 2.45) is 0 Å². The first-order chi connectivity index (χ1) is 5.76. The van der Waals surface area contributed by atoms with E-state index in [2.05, 4.69) is 20.8 Å². The third-order valence-corrected chi connectivity index (χ3v) is 2.20. The first-order valence-corrected chi connectivity index (χ1v) is 4.69. The summed E-state index contributed by atoms with van der Waals surface area (Å²) in [6.45, 7) is 6.70. The summed E-state index contributed by atoms with van der Waals surface area (Å²) in [7, 11) is 0. The lowest BCUT2D eigenvalue weighted by Crippen LogP contribution is -1.85. The summed E-state index contributed by atoms with van der Waals surface area (Å²) in [4.78, 5) is 0. The maximum atomic E-state index is 8.54. The second kappa shape index (κ2) is 7.11. The van der Waals surface area contributed by atoms with Crippen LogP contribution in [-0.4, -0.2) is 11.7 Å². The number of hydrogen-bond acceptors (Lipinski definition) is 1. The Hall–Kier alpha value is -0.560. The van der Waals surface area contributed by atoms with Gasteiger partial charge in [-0.05, 0) is 26.2 Å². The molecule has 0 aliphatic heterocycles. The van der Waals surface area contributed by atoms with Gasteiger partial charge in [0.25, 0.3) is 0 Å². The highest BCUT2D eigenvalue weighted by Gasteiger charge is 1.95. The summed E-state index contributed by atoms with van der Waals surface area (Å²) in [6.07, 6.45) is 7.10. The maximum absolute atomic E-state index is 8.54. The molecule has 0 aliphatic carbocycles. The van der Waals surface area contributed by atoms with Crippen LogP contribution in [-0.2, 0) is 0 Å². The van der Waals surface area contributed by atoms with Gasteiger partial charge >= 0.3 is 0 Å². The quantitative estimate of drug-likeness (QED) is 0.625. The van der Waals surface area contributed by atoms with Crippen LogP contribution in [0.1, 0.15) is 40.0 Å². The topological polar surface area (TPSA) is 20.2 Å². The monoisotopic (exact) mass is 168 g/mol. The van der Waals surface area contributed by atoms with Crippen molar-refractivity contribution >= 4 is 0 Å². The summed E-state index contributed by atoms with van der Waals surface area (Å²) in [6, 6.07) is 0. The van der Waals surface area contributed by atoms with Crippen molar-refractivity contribution < 1.29 is 5.11 Å². The second-order valence-electron chi connectivity index (χ2n) is 2.95. The molecule has 0 aromatic carbocycles. The van der Waals surface area contributed by atoms with Gasteiger partial charge in [-0.1, -0.05) is 37.1 Å². The van der Waals surface area contributed by atoms with Crippen LogP contribution in [0.5, 0.6) is 0 Å². The van der Waals surface area contributed by atoms with Crippen LogP contribution in [0.3, 0.4) is 0 Å². The molecule has 0 rings (SSSR count). The van der Waals surface area contributed by atoms with Crippen LogP contribution in [0.2, 0.25) is 0 Å². The van der Waals surface area contributed by atoms with Gasteiger partial charge in [0.05, 0.1) is 6.61 Å². The molecule has 12 heavy (non-hydrogen) atoms. The van der Waals surface area contributed by atoms with Crippen LogP contribution in [0.4, 0.5) is 0 Å². The van der Waals surface area contributed by atoms with E-state index >= 15 is 0 Å². The summed E-state index contributed by atoms with van der Waals surface area (Å²) in [5.74, 6) is 0. The van der Waals surface area contributed by atoms with Gasteiger partial charge in [0.2, 0.25) is 0 Å². The Morgan fingerprint density at radius 3 is 2.25 bits per heavy atom. The van der Waals surface area contributed by atoms with Gasteiger partial charge in [0, 0.05) is 0 Å². The maximum Gasteiger partial charge on any atom is 0.0612 e. The van der Waals surface area contributed by atoms with E-state index in [1.165, 1.54) is 11.1 Å². The minimum absolute atomic E-state index is 0.155. The van der Waals surface area contributed by atoms with Crippen LogP contribution < -0.4 is 0 Å². The molecule has 1 heteroatoms. The first kappa shape index (κ1) is 11.4. The molecule has 0 saturated carbocycles. The lowest BCUT2D eigenvalue weighted by atomic mass is 10.0. The highest BCUT2D eigenvalue weighted by Crippen LogP contribution is 2.15. The second-order valence-corrected chi connectivity index (χ2v) is 2.95. The Morgan fingerprint density at radius 2 is 1.83 bits per heavy atom. The van der Waals surface area contributed by atoms with Gasteiger partial charge in [-0.15, -0.1) is 0 Å². The summed E-state index contributed by atoms with van der Waals surface area (Å²) < 4.78 is 0. The molecule has 0 unspecified atom stereocenters. The lowest BCUT2D eigenvalue weighted by Gasteiger charge is -2.05. The van der Waals surface area contributed by atoms with Gasteiger partial charge < -0.3 is 5.11 Å². The Labute approximate surface area is 75.8 Å². The molecule has 0 aliphatic rings. The predicted molar refractivity (Wildman–Crippen MR) is 54.1 cm³/mol. The summed E-state index contributed by atoms with van der Waals surface area (Å²) in [5.41, 5.74) is 2.99. The Kier molecular flexibility index (Phi) is 6.78. The van der Waals surface area contributed by atoms with Crippen molar-refractivity contribution in [2.75, 3.05) is 6.61 Å². The largest absolute Gasteiger partial charge is 0.392 e. The average molecular weight is 168 g/mol. The molecular weight excluding hydrogens is 148 g/mol. The minimum atomic E-state index is 0.155.